The molecule has 0 bridgehead atoms. The lowest BCUT2D eigenvalue weighted by Gasteiger charge is -2.08. The Hall–Kier alpha value is -2.38. The molecule has 0 spiro atoms. The number of hydrogen-bond acceptors (Lipinski definition) is 6. The lowest BCUT2D eigenvalue weighted by atomic mass is 10.2. The van der Waals surface area contributed by atoms with Crippen LogP contribution in [0.15, 0.2) is 58.5 Å². The summed E-state index contributed by atoms with van der Waals surface area (Å²) in [4.78, 5) is 11.8. The number of hydrazone groups is 1. The molecule has 0 heterocycles. The van der Waals surface area contributed by atoms with Gasteiger partial charge in [-0.05, 0) is 43.3 Å². The number of anilines is 1. The van der Waals surface area contributed by atoms with Crippen molar-refractivity contribution in [2.75, 3.05) is 12.5 Å². The van der Waals surface area contributed by atoms with E-state index < -0.39 is 20.9 Å². The SMILES string of the molecule is COC(=O)/C(=N/Nc1ccc(C)cc1)S(=O)(=O)c1ccc(Cl)cc1. The molecule has 0 atom stereocenters. The highest BCUT2D eigenvalue weighted by Gasteiger charge is 2.30. The van der Waals surface area contributed by atoms with Gasteiger partial charge in [0.2, 0.25) is 9.84 Å². The van der Waals surface area contributed by atoms with E-state index in [0.29, 0.717) is 10.7 Å². The maximum Gasteiger partial charge on any atom is 0.370 e. The van der Waals surface area contributed by atoms with Crippen molar-refractivity contribution < 1.29 is 17.9 Å². The molecule has 0 saturated heterocycles. The van der Waals surface area contributed by atoms with Gasteiger partial charge < -0.3 is 4.74 Å². The molecule has 126 valence electrons. The maximum atomic E-state index is 12.6. The molecular formula is C16H15ClN2O4S. The van der Waals surface area contributed by atoms with Crippen LogP contribution in [0.3, 0.4) is 0 Å². The Balaban J connectivity index is 2.40. The Labute approximate surface area is 145 Å². The Bertz CT molecular complexity index is 860. The van der Waals surface area contributed by atoms with E-state index in [1.54, 1.807) is 12.1 Å². The van der Waals surface area contributed by atoms with Gasteiger partial charge in [0.15, 0.2) is 0 Å². The predicted molar refractivity (Wildman–Crippen MR) is 92.9 cm³/mol. The van der Waals surface area contributed by atoms with Crippen LogP contribution in [0.1, 0.15) is 5.56 Å². The first-order chi connectivity index (χ1) is 11.3. The van der Waals surface area contributed by atoms with Gasteiger partial charge in [-0.1, -0.05) is 29.3 Å². The Morgan fingerprint density at radius 2 is 1.67 bits per heavy atom. The van der Waals surface area contributed by atoms with E-state index in [1.807, 2.05) is 19.1 Å². The summed E-state index contributed by atoms with van der Waals surface area (Å²) in [6, 6.07) is 12.5. The van der Waals surface area contributed by atoms with Crippen LogP contribution in [-0.4, -0.2) is 26.5 Å². The second kappa shape index (κ2) is 7.46. The zero-order chi connectivity index (χ0) is 17.7. The molecule has 0 radical (unpaired) electrons. The van der Waals surface area contributed by atoms with E-state index in [-0.39, 0.29) is 4.90 Å². The topological polar surface area (TPSA) is 84.8 Å². The second-order valence-corrected chi connectivity index (χ2v) is 7.15. The van der Waals surface area contributed by atoms with Crippen LogP contribution < -0.4 is 5.43 Å². The summed E-state index contributed by atoms with van der Waals surface area (Å²) in [6.45, 7) is 1.91. The Morgan fingerprint density at radius 3 is 2.21 bits per heavy atom. The van der Waals surface area contributed by atoms with E-state index in [0.717, 1.165) is 12.7 Å². The van der Waals surface area contributed by atoms with Gasteiger partial charge >= 0.3 is 5.97 Å². The van der Waals surface area contributed by atoms with Gasteiger partial charge in [0.05, 0.1) is 17.7 Å². The van der Waals surface area contributed by atoms with Gasteiger partial charge in [-0.15, -0.1) is 0 Å². The summed E-state index contributed by atoms with van der Waals surface area (Å²) < 4.78 is 29.7. The molecule has 2 aromatic rings. The minimum Gasteiger partial charge on any atom is -0.464 e. The van der Waals surface area contributed by atoms with Gasteiger partial charge in [0, 0.05) is 5.02 Å². The molecule has 0 unspecified atom stereocenters. The van der Waals surface area contributed by atoms with Crippen molar-refractivity contribution >= 4 is 38.1 Å². The number of methoxy groups -OCH3 is 1. The smallest absolute Gasteiger partial charge is 0.370 e. The van der Waals surface area contributed by atoms with Crippen molar-refractivity contribution in [3.63, 3.8) is 0 Å². The third-order valence-electron chi connectivity index (χ3n) is 3.08. The molecule has 6 nitrogen and oxygen atoms in total. The van der Waals surface area contributed by atoms with Crippen LogP contribution in [0.4, 0.5) is 5.69 Å². The first kappa shape index (κ1) is 18.0. The number of carbonyl (C=O) groups excluding carboxylic acids is 1. The predicted octanol–water partition coefficient (Wildman–Crippen LogP) is 3.02. The molecule has 2 aromatic carbocycles. The maximum absolute atomic E-state index is 12.6. The summed E-state index contributed by atoms with van der Waals surface area (Å²) in [7, 11) is -3.07. The minimum absolute atomic E-state index is 0.109. The number of carbonyl (C=O) groups is 1. The van der Waals surface area contributed by atoms with E-state index in [2.05, 4.69) is 15.3 Å². The fourth-order valence-corrected chi connectivity index (χ4v) is 3.08. The van der Waals surface area contributed by atoms with Crippen LogP contribution >= 0.6 is 11.6 Å². The lowest BCUT2D eigenvalue weighted by Crippen LogP contribution is -2.27. The third kappa shape index (κ3) is 4.12. The number of sulfone groups is 1. The van der Waals surface area contributed by atoms with Crippen molar-refractivity contribution in [3.8, 4) is 0 Å². The highest BCUT2D eigenvalue weighted by atomic mass is 35.5. The number of hydrogen-bond donors (Lipinski definition) is 1. The second-order valence-electron chi connectivity index (χ2n) is 4.84. The quantitative estimate of drug-likeness (QED) is 0.390. The molecule has 8 heteroatoms. The van der Waals surface area contributed by atoms with Crippen LogP contribution in [-0.2, 0) is 19.4 Å². The van der Waals surface area contributed by atoms with E-state index in [9.17, 15) is 13.2 Å². The summed E-state index contributed by atoms with van der Waals surface area (Å²) in [5.74, 6) is -1.07. The standard InChI is InChI=1S/C16H15ClN2O4S/c1-11-3-7-13(8-4-11)18-19-15(16(20)23-2)24(21,22)14-9-5-12(17)6-10-14/h3-10,18H,1-2H3/b19-15-. The molecule has 0 aliphatic carbocycles. The monoisotopic (exact) mass is 366 g/mol. The zero-order valence-electron chi connectivity index (χ0n) is 13.0. The summed E-state index contributed by atoms with van der Waals surface area (Å²) in [6.07, 6.45) is 0. The van der Waals surface area contributed by atoms with E-state index in [4.69, 9.17) is 11.6 Å². The zero-order valence-corrected chi connectivity index (χ0v) is 14.6. The Morgan fingerprint density at radius 1 is 1.08 bits per heavy atom. The van der Waals surface area contributed by atoms with Crippen molar-refractivity contribution in [1.29, 1.82) is 0 Å². The largest absolute Gasteiger partial charge is 0.464 e. The molecule has 0 aliphatic heterocycles. The number of rotatable bonds is 3. The molecule has 0 fully saturated rings. The minimum atomic E-state index is -4.15. The van der Waals surface area contributed by atoms with Crippen LogP contribution in [0.25, 0.3) is 0 Å². The average molecular weight is 367 g/mol. The summed E-state index contributed by atoms with van der Waals surface area (Å²) >= 11 is 5.76. The number of nitrogens with one attached hydrogen (secondary N) is 1. The van der Waals surface area contributed by atoms with Crippen molar-refractivity contribution in [2.45, 2.75) is 11.8 Å². The van der Waals surface area contributed by atoms with Gasteiger partial charge in [0.1, 0.15) is 0 Å². The third-order valence-corrected chi connectivity index (χ3v) is 4.99. The van der Waals surface area contributed by atoms with E-state index >= 15 is 0 Å². The fraction of sp³-hybridized carbons (Fsp3) is 0.125. The number of halogens is 1. The van der Waals surface area contributed by atoms with Gasteiger partial charge in [-0.25, -0.2) is 13.2 Å². The summed E-state index contributed by atoms with van der Waals surface area (Å²) in [5, 5.41) is 3.37. The molecule has 0 saturated carbocycles. The lowest BCUT2D eigenvalue weighted by molar-refractivity contribution is -0.132. The molecule has 2 rings (SSSR count). The highest BCUT2D eigenvalue weighted by molar-refractivity contribution is 8.08. The molecule has 1 N–H and O–H groups in total. The van der Waals surface area contributed by atoms with Crippen LogP contribution in [0.2, 0.25) is 5.02 Å². The van der Waals surface area contributed by atoms with Crippen molar-refractivity contribution in [2.24, 2.45) is 5.10 Å². The molecule has 0 aromatic heterocycles. The van der Waals surface area contributed by atoms with Crippen molar-refractivity contribution in [1.82, 2.24) is 0 Å². The van der Waals surface area contributed by atoms with Crippen LogP contribution in [0, 0.1) is 6.92 Å². The first-order valence-electron chi connectivity index (χ1n) is 6.84. The normalized spacial score (nSPS) is 11.9. The molecule has 24 heavy (non-hydrogen) atoms. The fourth-order valence-electron chi connectivity index (χ4n) is 1.77. The number of ether oxygens (including phenoxy) is 1. The molecular weight excluding hydrogens is 352 g/mol. The number of benzene rings is 2. The first-order valence-corrected chi connectivity index (χ1v) is 8.70. The van der Waals surface area contributed by atoms with E-state index in [1.165, 1.54) is 24.3 Å². The molecule has 0 amide bonds. The summed E-state index contributed by atoms with van der Waals surface area (Å²) in [5.41, 5.74) is 4.13. The number of aryl methyl sites for hydroxylation is 1. The van der Waals surface area contributed by atoms with Crippen molar-refractivity contribution in [3.05, 3.63) is 59.1 Å². The average Bonchev–Trinajstić information content (AvgIpc) is 2.56. The van der Waals surface area contributed by atoms with Crippen LogP contribution in [0.5, 0.6) is 0 Å². The van der Waals surface area contributed by atoms with Gasteiger partial charge in [-0.3, -0.25) is 5.43 Å². The highest BCUT2D eigenvalue weighted by Crippen LogP contribution is 2.18. The van der Waals surface area contributed by atoms with Gasteiger partial charge in [0.25, 0.3) is 5.04 Å². The van der Waals surface area contributed by atoms with Gasteiger partial charge in [-0.2, -0.15) is 5.10 Å². The molecule has 0 aliphatic rings. The number of nitrogens with zero attached hydrogens (tertiary/aromatic N) is 1. The number of esters is 1. The Kier molecular flexibility index (Phi) is 5.58.